The summed E-state index contributed by atoms with van der Waals surface area (Å²) in [7, 11) is 1.97. The molecule has 0 aliphatic carbocycles. The molecule has 7 heteroatoms. The Morgan fingerprint density at radius 2 is 2.23 bits per heavy atom. The average Bonchev–Trinajstić information content (AvgIpc) is 3.26. The van der Waals surface area contributed by atoms with Gasteiger partial charge < -0.3 is 5.32 Å². The molecular weight excluding hydrogens is 344 g/mol. The van der Waals surface area contributed by atoms with E-state index >= 15 is 0 Å². The van der Waals surface area contributed by atoms with Gasteiger partial charge in [0.1, 0.15) is 5.82 Å². The summed E-state index contributed by atoms with van der Waals surface area (Å²) < 4.78 is 1.87. The number of piperidine rings is 1. The van der Waals surface area contributed by atoms with Gasteiger partial charge in [-0.1, -0.05) is 6.07 Å². The third-order valence-electron chi connectivity index (χ3n) is 4.76. The molecule has 6 nitrogen and oxygen atoms in total. The van der Waals surface area contributed by atoms with E-state index < -0.39 is 0 Å². The summed E-state index contributed by atoms with van der Waals surface area (Å²) in [5, 5.41) is 10.7. The summed E-state index contributed by atoms with van der Waals surface area (Å²) in [4.78, 5) is 11.7. The average molecular weight is 369 g/mol. The van der Waals surface area contributed by atoms with Gasteiger partial charge in [-0.3, -0.25) is 9.58 Å². The van der Waals surface area contributed by atoms with Crippen molar-refractivity contribution in [1.29, 1.82) is 0 Å². The van der Waals surface area contributed by atoms with Crippen LogP contribution in [0.15, 0.2) is 36.1 Å². The molecule has 3 aromatic rings. The van der Waals surface area contributed by atoms with Crippen molar-refractivity contribution in [3.63, 3.8) is 0 Å². The molecule has 1 unspecified atom stereocenters. The maximum atomic E-state index is 4.82. The fraction of sp³-hybridized carbons (Fsp3) is 0.421. The Morgan fingerprint density at radius 3 is 3.00 bits per heavy atom. The lowest BCUT2D eigenvalue weighted by Gasteiger charge is -2.31. The van der Waals surface area contributed by atoms with Crippen LogP contribution >= 0.6 is 11.3 Å². The van der Waals surface area contributed by atoms with E-state index in [1.54, 1.807) is 11.3 Å². The molecule has 0 aromatic carbocycles. The number of likely N-dealkylation sites (tertiary alicyclic amines) is 1. The fourth-order valence-corrected chi connectivity index (χ4v) is 4.23. The van der Waals surface area contributed by atoms with Crippen LogP contribution < -0.4 is 5.32 Å². The minimum atomic E-state index is 0.498. The third kappa shape index (κ3) is 4.11. The second-order valence-electron chi connectivity index (χ2n) is 7.02. The van der Waals surface area contributed by atoms with Gasteiger partial charge in [-0.15, -0.1) is 11.3 Å². The topological polar surface area (TPSA) is 58.9 Å². The van der Waals surface area contributed by atoms with Crippen molar-refractivity contribution < 1.29 is 0 Å². The highest BCUT2D eigenvalue weighted by Gasteiger charge is 2.23. The summed E-state index contributed by atoms with van der Waals surface area (Å²) in [6.07, 6.45) is 8.35. The molecule has 4 rings (SSSR count). The lowest BCUT2D eigenvalue weighted by molar-refractivity contribution is 0.199. The van der Waals surface area contributed by atoms with Crippen molar-refractivity contribution in [3.8, 4) is 0 Å². The van der Waals surface area contributed by atoms with E-state index in [2.05, 4.69) is 37.9 Å². The molecule has 3 aromatic heterocycles. The zero-order valence-corrected chi connectivity index (χ0v) is 16.0. The van der Waals surface area contributed by atoms with Crippen molar-refractivity contribution in [2.75, 3.05) is 18.4 Å². The molecule has 1 saturated heterocycles. The summed E-state index contributed by atoms with van der Waals surface area (Å²) in [6.45, 7) is 5.21. The maximum Gasteiger partial charge on any atom is 0.188 e. The highest BCUT2D eigenvalue weighted by Crippen LogP contribution is 2.31. The molecular formula is C19H24N6S. The van der Waals surface area contributed by atoms with Gasteiger partial charge in [-0.25, -0.2) is 9.97 Å². The van der Waals surface area contributed by atoms with Crippen LogP contribution in [0, 0.1) is 6.92 Å². The molecule has 1 aliphatic rings. The van der Waals surface area contributed by atoms with Crippen LogP contribution in [0.3, 0.4) is 0 Å². The molecule has 1 N–H and O–H groups in total. The monoisotopic (exact) mass is 368 g/mol. The summed E-state index contributed by atoms with van der Waals surface area (Å²) >= 11 is 1.66. The first-order chi connectivity index (χ1) is 12.7. The lowest BCUT2D eigenvalue weighted by atomic mass is 9.95. The van der Waals surface area contributed by atoms with Gasteiger partial charge in [0.25, 0.3) is 0 Å². The van der Waals surface area contributed by atoms with E-state index in [0.29, 0.717) is 5.92 Å². The quantitative estimate of drug-likeness (QED) is 0.744. The van der Waals surface area contributed by atoms with E-state index in [9.17, 15) is 0 Å². The maximum absolute atomic E-state index is 4.82. The Labute approximate surface area is 157 Å². The molecule has 1 atom stereocenters. The number of nitrogens with zero attached hydrogens (tertiary/aromatic N) is 5. The Hall–Kier alpha value is -2.25. The van der Waals surface area contributed by atoms with E-state index in [1.165, 1.54) is 24.1 Å². The molecule has 0 radical (unpaired) electrons. The zero-order valence-electron chi connectivity index (χ0n) is 15.2. The molecule has 4 heterocycles. The number of rotatable bonds is 5. The number of aryl methyl sites for hydroxylation is 2. The SMILES string of the molecule is Cc1ccc(Nc2nc(C3CCCN(Cc4cnn(C)c4)C3)cs2)nc1. The van der Waals surface area contributed by atoms with Gasteiger partial charge in [0.2, 0.25) is 0 Å². The number of nitrogens with one attached hydrogen (secondary N) is 1. The zero-order chi connectivity index (χ0) is 17.9. The number of hydrogen-bond donors (Lipinski definition) is 1. The van der Waals surface area contributed by atoms with E-state index in [0.717, 1.165) is 36.1 Å². The van der Waals surface area contributed by atoms with Crippen molar-refractivity contribution in [2.24, 2.45) is 7.05 Å². The highest BCUT2D eigenvalue weighted by atomic mass is 32.1. The number of thiazole rings is 1. The lowest BCUT2D eigenvalue weighted by Crippen LogP contribution is -2.33. The fourth-order valence-electron chi connectivity index (χ4n) is 3.43. The van der Waals surface area contributed by atoms with Gasteiger partial charge in [-0.05, 0) is 37.9 Å². The van der Waals surface area contributed by atoms with Gasteiger partial charge in [0, 0.05) is 49.4 Å². The Morgan fingerprint density at radius 1 is 1.31 bits per heavy atom. The van der Waals surface area contributed by atoms with E-state index in [1.807, 2.05) is 37.1 Å². The molecule has 0 amide bonds. The minimum Gasteiger partial charge on any atom is -0.316 e. The Balaban J connectivity index is 1.39. The molecule has 136 valence electrons. The van der Waals surface area contributed by atoms with E-state index in [-0.39, 0.29) is 0 Å². The number of anilines is 2. The summed E-state index contributed by atoms with van der Waals surface area (Å²) in [5.41, 5.74) is 3.63. The second-order valence-corrected chi connectivity index (χ2v) is 7.88. The van der Waals surface area contributed by atoms with Crippen LogP contribution in [0.1, 0.15) is 35.6 Å². The predicted molar refractivity (Wildman–Crippen MR) is 105 cm³/mol. The molecule has 26 heavy (non-hydrogen) atoms. The summed E-state index contributed by atoms with van der Waals surface area (Å²) in [6, 6.07) is 4.05. The summed E-state index contributed by atoms with van der Waals surface area (Å²) in [5.74, 6) is 1.34. The Bertz CT molecular complexity index is 853. The van der Waals surface area contributed by atoms with Gasteiger partial charge in [0.05, 0.1) is 11.9 Å². The third-order valence-corrected chi connectivity index (χ3v) is 5.53. The first kappa shape index (κ1) is 17.2. The second kappa shape index (κ2) is 7.55. The standard InChI is InChI=1S/C19H24N6S/c1-14-5-6-18(20-8-14)23-19-22-17(13-26-19)16-4-3-7-25(12-16)11-15-9-21-24(2)10-15/h5-6,8-10,13,16H,3-4,7,11-12H2,1-2H3,(H,20,22,23). The van der Waals surface area contributed by atoms with Crippen molar-refractivity contribution in [1.82, 2.24) is 24.6 Å². The molecule has 1 aliphatic heterocycles. The first-order valence-electron chi connectivity index (χ1n) is 9.01. The van der Waals surface area contributed by atoms with Crippen molar-refractivity contribution in [3.05, 3.63) is 52.9 Å². The molecule has 1 fully saturated rings. The first-order valence-corrected chi connectivity index (χ1v) is 9.88. The van der Waals surface area contributed by atoms with Crippen molar-refractivity contribution >= 4 is 22.3 Å². The largest absolute Gasteiger partial charge is 0.316 e. The van der Waals surface area contributed by atoms with Crippen LogP contribution in [0.4, 0.5) is 10.9 Å². The predicted octanol–water partition coefficient (Wildman–Crippen LogP) is 3.70. The van der Waals surface area contributed by atoms with Crippen LogP contribution in [0.5, 0.6) is 0 Å². The normalized spacial score (nSPS) is 18.2. The van der Waals surface area contributed by atoms with Crippen LogP contribution in [-0.2, 0) is 13.6 Å². The van der Waals surface area contributed by atoms with Crippen molar-refractivity contribution in [2.45, 2.75) is 32.2 Å². The molecule has 0 saturated carbocycles. The molecule has 0 bridgehead atoms. The van der Waals surface area contributed by atoms with Crippen LogP contribution in [-0.4, -0.2) is 37.7 Å². The van der Waals surface area contributed by atoms with Crippen LogP contribution in [0.25, 0.3) is 0 Å². The Kier molecular flexibility index (Phi) is 4.99. The van der Waals surface area contributed by atoms with Crippen LogP contribution in [0.2, 0.25) is 0 Å². The van der Waals surface area contributed by atoms with E-state index in [4.69, 9.17) is 4.98 Å². The van der Waals surface area contributed by atoms with Gasteiger partial charge >= 0.3 is 0 Å². The van der Waals surface area contributed by atoms with Gasteiger partial charge in [0.15, 0.2) is 5.13 Å². The molecule has 0 spiro atoms. The number of pyridine rings is 1. The number of hydrogen-bond acceptors (Lipinski definition) is 6. The smallest absolute Gasteiger partial charge is 0.188 e. The minimum absolute atomic E-state index is 0.498. The van der Waals surface area contributed by atoms with Gasteiger partial charge in [-0.2, -0.15) is 5.10 Å². The highest BCUT2D eigenvalue weighted by molar-refractivity contribution is 7.13. The number of aromatic nitrogens is 4.